The topological polar surface area (TPSA) is 58.2 Å². The first kappa shape index (κ1) is 13.6. The van der Waals surface area contributed by atoms with Crippen molar-refractivity contribution >= 4 is 11.8 Å². The van der Waals surface area contributed by atoms with Crippen LogP contribution in [0.25, 0.3) is 0 Å². The van der Waals surface area contributed by atoms with Gasteiger partial charge >= 0.3 is 0 Å². The van der Waals surface area contributed by atoms with Crippen LogP contribution in [0.5, 0.6) is 0 Å². The van der Waals surface area contributed by atoms with Gasteiger partial charge in [0.25, 0.3) is 0 Å². The molecule has 0 aromatic carbocycles. The van der Waals surface area contributed by atoms with E-state index in [1.54, 1.807) is 0 Å². The second-order valence-electron chi connectivity index (χ2n) is 9.10. The van der Waals surface area contributed by atoms with Gasteiger partial charge in [0.05, 0.1) is 5.92 Å². The number of rotatable bonds is 2. The van der Waals surface area contributed by atoms with Gasteiger partial charge < -0.3 is 10.6 Å². The van der Waals surface area contributed by atoms with Gasteiger partial charge in [0, 0.05) is 18.5 Å². The lowest BCUT2D eigenvalue weighted by molar-refractivity contribution is -0.142. The molecule has 1 heterocycles. The minimum Gasteiger partial charge on any atom is -0.355 e. The Morgan fingerprint density at radius 1 is 1.14 bits per heavy atom. The van der Waals surface area contributed by atoms with Crippen molar-refractivity contribution in [2.75, 3.05) is 6.54 Å². The Hall–Kier alpha value is -1.06. The van der Waals surface area contributed by atoms with E-state index in [-0.39, 0.29) is 23.3 Å². The highest BCUT2D eigenvalue weighted by Gasteiger charge is 2.60. The first-order valence-electron chi connectivity index (χ1n) is 8.38. The van der Waals surface area contributed by atoms with Crippen LogP contribution in [-0.2, 0) is 9.59 Å². The smallest absolute Gasteiger partial charge is 0.225 e. The largest absolute Gasteiger partial charge is 0.355 e. The lowest BCUT2D eigenvalue weighted by Gasteiger charge is -2.65. The van der Waals surface area contributed by atoms with Crippen molar-refractivity contribution in [2.45, 2.75) is 64.3 Å². The minimum atomic E-state index is -0.161. The zero-order valence-electron chi connectivity index (χ0n) is 13.1. The molecule has 2 amide bonds. The average Bonchev–Trinajstić information content (AvgIpc) is 2.70. The monoisotopic (exact) mass is 290 g/mol. The van der Waals surface area contributed by atoms with Gasteiger partial charge in [-0.25, -0.2) is 0 Å². The molecule has 0 spiro atoms. The average molecular weight is 290 g/mol. The molecule has 5 aliphatic rings. The molecule has 1 saturated heterocycles. The molecule has 4 saturated carbocycles. The van der Waals surface area contributed by atoms with E-state index in [2.05, 4.69) is 24.5 Å². The molecule has 0 aromatic heterocycles. The van der Waals surface area contributed by atoms with Crippen molar-refractivity contribution in [3.8, 4) is 0 Å². The number of nitrogens with one attached hydrogen (secondary N) is 2. The quantitative estimate of drug-likeness (QED) is 0.817. The molecule has 116 valence electrons. The summed E-state index contributed by atoms with van der Waals surface area (Å²) in [6, 6.07) is 0. The van der Waals surface area contributed by atoms with Crippen LogP contribution in [0.3, 0.4) is 0 Å². The summed E-state index contributed by atoms with van der Waals surface area (Å²) in [5.41, 5.74) is 0.821. The molecule has 4 aliphatic carbocycles. The molecule has 3 atom stereocenters. The summed E-state index contributed by atoms with van der Waals surface area (Å²) in [5.74, 6) is 0.730. The van der Waals surface area contributed by atoms with E-state index in [0.717, 1.165) is 25.2 Å². The third-order valence-electron chi connectivity index (χ3n) is 6.36. The molecule has 21 heavy (non-hydrogen) atoms. The van der Waals surface area contributed by atoms with Crippen LogP contribution >= 0.6 is 0 Å². The summed E-state index contributed by atoms with van der Waals surface area (Å²) >= 11 is 0. The Kier molecular flexibility index (Phi) is 2.60. The molecule has 3 unspecified atom stereocenters. The van der Waals surface area contributed by atoms with Crippen molar-refractivity contribution in [1.82, 2.24) is 10.6 Å². The number of hydrogen-bond acceptors (Lipinski definition) is 2. The second-order valence-corrected chi connectivity index (χ2v) is 9.10. The van der Waals surface area contributed by atoms with Crippen LogP contribution in [0.1, 0.15) is 58.8 Å². The van der Waals surface area contributed by atoms with Gasteiger partial charge in [-0.2, -0.15) is 0 Å². The summed E-state index contributed by atoms with van der Waals surface area (Å²) in [6.07, 6.45) is 7.76. The summed E-state index contributed by atoms with van der Waals surface area (Å²) in [7, 11) is 0. The lowest BCUT2D eigenvalue weighted by atomic mass is 9.42. The molecular weight excluding hydrogens is 264 g/mol. The summed E-state index contributed by atoms with van der Waals surface area (Å²) in [4.78, 5) is 23.9. The van der Waals surface area contributed by atoms with E-state index >= 15 is 0 Å². The van der Waals surface area contributed by atoms with E-state index < -0.39 is 0 Å². The van der Waals surface area contributed by atoms with Crippen molar-refractivity contribution in [2.24, 2.45) is 22.7 Å². The molecule has 5 rings (SSSR count). The van der Waals surface area contributed by atoms with Crippen LogP contribution in [0.2, 0.25) is 0 Å². The normalized spacial score (nSPS) is 51.0. The SMILES string of the molecule is CC12CC3CC(C)(C1)CC(NC(=O)C1CNC(=O)C1)(C3)C2. The van der Waals surface area contributed by atoms with Gasteiger partial charge in [-0.3, -0.25) is 9.59 Å². The van der Waals surface area contributed by atoms with E-state index in [4.69, 9.17) is 0 Å². The predicted molar refractivity (Wildman–Crippen MR) is 79.4 cm³/mol. The summed E-state index contributed by atoms with van der Waals surface area (Å²) in [6.45, 7) is 5.34. The maximum Gasteiger partial charge on any atom is 0.225 e. The highest BCUT2D eigenvalue weighted by molar-refractivity contribution is 5.89. The molecular formula is C17H26N2O2. The van der Waals surface area contributed by atoms with Crippen LogP contribution in [0.15, 0.2) is 0 Å². The highest BCUT2D eigenvalue weighted by atomic mass is 16.2. The predicted octanol–water partition coefficient (Wildman–Crippen LogP) is 1.99. The molecule has 0 radical (unpaired) electrons. The fourth-order valence-corrected chi connectivity index (χ4v) is 6.74. The zero-order chi connectivity index (χ0) is 14.9. The van der Waals surface area contributed by atoms with Crippen molar-refractivity contribution < 1.29 is 9.59 Å². The van der Waals surface area contributed by atoms with Crippen LogP contribution in [0.4, 0.5) is 0 Å². The van der Waals surface area contributed by atoms with Crippen LogP contribution in [-0.4, -0.2) is 23.9 Å². The third-order valence-corrected chi connectivity index (χ3v) is 6.36. The van der Waals surface area contributed by atoms with Gasteiger partial charge in [-0.1, -0.05) is 13.8 Å². The van der Waals surface area contributed by atoms with Gasteiger partial charge in [0.15, 0.2) is 0 Å². The van der Waals surface area contributed by atoms with Gasteiger partial charge in [0.1, 0.15) is 0 Å². The third kappa shape index (κ3) is 2.18. The van der Waals surface area contributed by atoms with Gasteiger partial charge in [0.2, 0.25) is 11.8 Å². The Morgan fingerprint density at radius 3 is 2.33 bits per heavy atom. The fourth-order valence-electron chi connectivity index (χ4n) is 6.74. The number of carbonyl (C=O) groups excluding carboxylic acids is 2. The standard InChI is InChI=1S/C17H26N2O2/c1-15-4-11-5-16(2,8-15)10-17(6-11,9-15)19-14(21)12-3-13(20)18-7-12/h11-12H,3-10H2,1-2H3,(H,18,20)(H,19,21). The number of amides is 2. The van der Waals surface area contributed by atoms with Crippen LogP contribution in [0, 0.1) is 22.7 Å². The fraction of sp³-hybridized carbons (Fsp3) is 0.882. The zero-order valence-corrected chi connectivity index (χ0v) is 13.1. The number of hydrogen-bond donors (Lipinski definition) is 2. The molecule has 4 bridgehead atoms. The van der Waals surface area contributed by atoms with E-state index in [0.29, 0.717) is 23.8 Å². The van der Waals surface area contributed by atoms with Gasteiger partial charge in [-0.05, 0) is 55.3 Å². The second kappa shape index (κ2) is 4.02. The summed E-state index contributed by atoms with van der Waals surface area (Å²) in [5, 5.41) is 6.18. The molecule has 1 aliphatic heterocycles. The highest BCUT2D eigenvalue weighted by Crippen LogP contribution is 2.66. The minimum absolute atomic E-state index is 0.00559. The first-order valence-corrected chi connectivity index (χ1v) is 8.38. The Labute approximate surface area is 126 Å². The molecule has 4 heteroatoms. The molecule has 2 N–H and O–H groups in total. The molecule has 5 fully saturated rings. The van der Waals surface area contributed by atoms with Crippen molar-refractivity contribution in [3.05, 3.63) is 0 Å². The van der Waals surface area contributed by atoms with Gasteiger partial charge in [-0.15, -0.1) is 0 Å². The number of carbonyl (C=O) groups is 2. The Morgan fingerprint density at radius 2 is 1.81 bits per heavy atom. The molecule has 4 nitrogen and oxygen atoms in total. The van der Waals surface area contributed by atoms with E-state index in [9.17, 15) is 9.59 Å². The maximum absolute atomic E-state index is 12.6. The van der Waals surface area contributed by atoms with Crippen LogP contribution < -0.4 is 10.6 Å². The van der Waals surface area contributed by atoms with Crippen molar-refractivity contribution in [3.63, 3.8) is 0 Å². The van der Waals surface area contributed by atoms with Crippen molar-refractivity contribution in [1.29, 1.82) is 0 Å². The summed E-state index contributed by atoms with van der Waals surface area (Å²) < 4.78 is 0. The van der Waals surface area contributed by atoms with E-state index in [1.807, 2.05) is 0 Å². The maximum atomic E-state index is 12.6. The van der Waals surface area contributed by atoms with E-state index in [1.165, 1.54) is 19.3 Å². The Balaban J connectivity index is 1.54. The lowest BCUT2D eigenvalue weighted by Crippen LogP contribution is -2.65. The first-order chi connectivity index (χ1) is 9.79. The Bertz CT molecular complexity index is 497. The molecule has 0 aromatic rings.